The topological polar surface area (TPSA) is 55.1 Å². The predicted molar refractivity (Wildman–Crippen MR) is 54.2 cm³/mol. The third-order valence-electron chi connectivity index (χ3n) is 2.48. The largest absolute Gasteiger partial charge is 0.480 e. The minimum atomic E-state index is -0.823. The Morgan fingerprint density at radius 3 is 2.93 bits per heavy atom. The summed E-state index contributed by atoms with van der Waals surface area (Å²) in [4.78, 5) is 15.0. The predicted octanol–water partition coefficient (Wildman–Crippen LogP) is 1.61. The third-order valence-corrected chi connectivity index (χ3v) is 3.08. The summed E-state index contributed by atoms with van der Waals surface area (Å²) in [5.41, 5.74) is 2.15. The maximum Gasteiger partial charge on any atom is 0.323 e. The second-order valence-electron chi connectivity index (χ2n) is 3.46. The molecule has 0 atom stereocenters. The quantitative estimate of drug-likeness (QED) is 0.877. The number of carboxylic acids is 1. The Hall–Kier alpha value is -0.840. The van der Waals surface area contributed by atoms with E-state index in [4.69, 9.17) is 5.11 Å². The Morgan fingerprint density at radius 1 is 1.50 bits per heavy atom. The van der Waals surface area contributed by atoms with Crippen LogP contribution in [0.2, 0.25) is 0 Å². The van der Waals surface area contributed by atoms with Gasteiger partial charge in [0.2, 0.25) is 0 Å². The molecule has 0 saturated heterocycles. The Bertz CT molecular complexity index is 373. The average Bonchev–Trinajstić information content (AvgIpc) is 2.43. The molecule has 1 heterocycles. The maximum atomic E-state index is 10.6. The third kappa shape index (κ3) is 1.68. The van der Waals surface area contributed by atoms with Crippen LogP contribution in [-0.2, 0) is 24.2 Å². The normalized spacial score (nSPS) is 15.2. The molecular formula is C9H11BrN2O2. The molecule has 76 valence electrons. The van der Waals surface area contributed by atoms with Crippen molar-refractivity contribution in [3.8, 4) is 0 Å². The number of hydrogen-bond donors (Lipinski definition) is 1. The van der Waals surface area contributed by atoms with Crippen LogP contribution in [0.1, 0.15) is 24.2 Å². The molecule has 5 heteroatoms. The first-order valence-corrected chi connectivity index (χ1v) is 5.43. The van der Waals surface area contributed by atoms with E-state index < -0.39 is 5.97 Å². The highest BCUT2D eigenvalue weighted by molar-refractivity contribution is 9.10. The van der Waals surface area contributed by atoms with Crippen LogP contribution >= 0.6 is 15.9 Å². The van der Waals surface area contributed by atoms with Crippen LogP contribution in [0.15, 0.2) is 4.73 Å². The summed E-state index contributed by atoms with van der Waals surface area (Å²) in [5, 5.41) is 8.74. The molecule has 0 radical (unpaired) electrons. The van der Waals surface area contributed by atoms with Gasteiger partial charge in [-0.1, -0.05) is 0 Å². The first-order valence-electron chi connectivity index (χ1n) is 4.64. The number of hydrogen-bond acceptors (Lipinski definition) is 2. The molecule has 0 unspecified atom stereocenters. The van der Waals surface area contributed by atoms with Crippen molar-refractivity contribution in [2.45, 2.75) is 32.2 Å². The van der Waals surface area contributed by atoms with Crippen molar-refractivity contribution < 1.29 is 9.90 Å². The minimum Gasteiger partial charge on any atom is -0.480 e. The van der Waals surface area contributed by atoms with Crippen molar-refractivity contribution in [3.63, 3.8) is 0 Å². The first-order chi connectivity index (χ1) is 6.68. The fourth-order valence-electron chi connectivity index (χ4n) is 1.86. The second-order valence-corrected chi connectivity index (χ2v) is 4.17. The van der Waals surface area contributed by atoms with Gasteiger partial charge in [-0.05, 0) is 41.6 Å². The van der Waals surface area contributed by atoms with E-state index in [9.17, 15) is 4.79 Å². The highest BCUT2D eigenvalue weighted by atomic mass is 79.9. The van der Waals surface area contributed by atoms with Crippen LogP contribution in [0.25, 0.3) is 0 Å². The van der Waals surface area contributed by atoms with Gasteiger partial charge >= 0.3 is 5.97 Å². The standard InChI is InChI=1S/C9H11BrN2O2/c10-9-11-6-3-1-2-4-7(6)12(9)5-8(13)14/h1-5H2,(H,13,14). The van der Waals surface area contributed by atoms with E-state index in [1.165, 1.54) is 0 Å². The lowest BCUT2D eigenvalue weighted by molar-refractivity contribution is -0.137. The Morgan fingerprint density at radius 2 is 2.21 bits per heavy atom. The number of nitrogens with zero attached hydrogens (tertiary/aromatic N) is 2. The van der Waals surface area contributed by atoms with E-state index in [1.807, 2.05) is 0 Å². The number of carboxylic acid groups (broad SMARTS) is 1. The zero-order chi connectivity index (χ0) is 10.1. The van der Waals surface area contributed by atoms with E-state index in [0.717, 1.165) is 37.1 Å². The van der Waals surface area contributed by atoms with Crippen LogP contribution in [0.4, 0.5) is 0 Å². The number of rotatable bonds is 2. The number of fused-ring (bicyclic) bond motifs is 1. The lowest BCUT2D eigenvalue weighted by Gasteiger charge is -2.12. The van der Waals surface area contributed by atoms with Crippen molar-refractivity contribution in [1.82, 2.24) is 9.55 Å². The van der Waals surface area contributed by atoms with Gasteiger partial charge in [-0.2, -0.15) is 0 Å². The maximum absolute atomic E-state index is 10.6. The molecule has 1 aromatic heterocycles. The summed E-state index contributed by atoms with van der Waals surface area (Å²) in [5.74, 6) is -0.823. The minimum absolute atomic E-state index is 0.00289. The Balaban J connectivity index is 2.37. The molecule has 0 bridgehead atoms. The van der Waals surface area contributed by atoms with Gasteiger partial charge < -0.3 is 9.67 Å². The average molecular weight is 259 g/mol. The summed E-state index contributed by atoms with van der Waals surface area (Å²) in [6, 6.07) is 0. The van der Waals surface area contributed by atoms with E-state index in [0.29, 0.717) is 4.73 Å². The fraction of sp³-hybridized carbons (Fsp3) is 0.556. The molecule has 0 saturated carbocycles. The van der Waals surface area contributed by atoms with Crippen molar-refractivity contribution in [2.75, 3.05) is 0 Å². The zero-order valence-corrected chi connectivity index (χ0v) is 9.25. The number of aryl methyl sites for hydroxylation is 1. The SMILES string of the molecule is O=C(O)Cn1c(Br)nc2c1CCCC2. The fourth-order valence-corrected chi connectivity index (χ4v) is 2.42. The molecule has 1 aliphatic rings. The summed E-state index contributed by atoms with van der Waals surface area (Å²) in [7, 11) is 0. The molecule has 14 heavy (non-hydrogen) atoms. The van der Waals surface area contributed by atoms with Crippen LogP contribution in [-0.4, -0.2) is 20.6 Å². The molecule has 2 rings (SSSR count). The number of imidazole rings is 1. The van der Waals surface area contributed by atoms with E-state index in [2.05, 4.69) is 20.9 Å². The Labute approximate surface area is 90.1 Å². The van der Waals surface area contributed by atoms with E-state index in [1.54, 1.807) is 4.57 Å². The summed E-state index contributed by atoms with van der Waals surface area (Å²) < 4.78 is 2.39. The smallest absolute Gasteiger partial charge is 0.323 e. The van der Waals surface area contributed by atoms with E-state index >= 15 is 0 Å². The van der Waals surface area contributed by atoms with Gasteiger partial charge in [-0.15, -0.1) is 0 Å². The van der Waals surface area contributed by atoms with Gasteiger partial charge in [0.05, 0.1) is 5.69 Å². The van der Waals surface area contributed by atoms with Crippen molar-refractivity contribution in [2.24, 2.45) is 0 Å². The lowest BCUT2D eigenvalue weighted by atomic mass is 10.0. The van der Waals surface area contributed by atoms with Gasteiger partial charge in [0.15, 0.2) is 4.73 Å². The highest BCUT2D eigenvalue weighted by Crippen LogP contribution is 2.24. The van der Waals surface area contributed by atoms with Crippen LogP contribution in [0, 0.1) is 0 Å². The monoisotopic (exact) mass is 258 g/mol. The highest BCUT2D eigenvalue weighted by Gasteiger charge is 2.19. The molecule has 1 N–H and O–H groups in total. The zero-order valence-electron chi connectivity index (χ0n) is 7.66. The molecule has 0 aliphatic heterocycles. The summed E-state index contributed by atoms with van der Waals surface area (Å²) in [6.07, 6.45) is 4.20. The van der Waals surface area contributed by atoms with Gasteiger partial charge in [0, 0.05) is 5.69 Å². The van der Waals surface area contributed by atoms with E-state index in [-0.39, 0.29) is 6.54 Å². The van der Waals surface area contributed by atoms with Gasteiger partial charge in [-0.3, -0.25) is 4.79 Å². The molecule has 1 aromatic rings. The van der Waals surface area contributed by atoms with Crippen molar-refractivity contribution in [3.05, 3.63) is 16.1 Å². The molecule has 0 aromatic carbocycles. The number of aromatic nitrogens is 2. The van der Waals surface area contributed by atoms with Crippen LogP contribution in [0.5, 0.6) is 0 Å². The first kappa shape index (κ1) is 9.71. The number of aliphatic carboxylic acids is 1. The molecule has 4 nitrogen and oxygen atoms in total. The van der Waals surface area contributed by atoms with Crippen LogP contribution in [0.3, 0.4) is 0 Å². The second kappa shape index (κ2) is 3.73. The summed E-state index contributed by atoms with van der Waals surface area (Å²) in [6.45, 7) is 0.00289. The Kier molecular flexibility index (Phi) is 2.58. The molecule has 0 spiro atoms. The van der Waals surface area contributed by atoms with Crippen molar-refractivity contribution in [1.29, 1.82) is 0 Å². The van der Waals surface area contributed by atoms with Crippen molar-refractivity contribution >= 4 is 21.9 Å². The van der Waals surface area contributed by atoms with Gasteiger partial charge in [0.25, 0.3) is 0 Å². The molecule has 0 fully saturated rings. The number of halogens is 1. The summed E-state index contributed by atoms with van der Waals surface area (Å²) >= 11 is 3.29. The molecule has 0 amide bonds. The van der Waals surface area contributed by atoms with Gasteiger partial charge in [0.1, 0.15) is 6.54 Å². The van der Waals surface area contributed by atoms with Gasteiger partial charge in [-0.25, -0.2) is 4.98 Å². The lowest BCUT2D eigenvalue weighted by Crippen LogP contribution is -2.14. The number of carbonyl (C=O) groups is 1. The molecular weight excluding hydrogens is 248 g/mol. The van der Waals surface area contributed by atoms with Crippen LogP contribution < -0.4 is 0 Å². The molecule has 1 aliphatic carbocycles.